The van der Waals surface area contributed by atoms with E-state index in [2.05, 4.69) is 0 Å². The molecule has 0 spiro atoms. The number of thioether (sulfide) groups is 1. The van der Waals surface area contributed by atoms with Crippen LogP contribution < -0.4 is 5.73 Å². The summed E-state index contributed by atoms with van der Waals surface area (Å²) in [4.78, 5) is 11.0. The Hall–Kier alpha value is -1.16. The molecule has 0 amide bonds. The second-order valence-electron chi connectivity index (χ2n) is 3.39. The number of hydrogen-bond donors (Lipinski definition) is 2. The van der Waals surface area contributed by atoms with Gasteiger partial charge in [0.15, 0.2) is 0 Å². The van der Waals surface area contributed by atoms with Gasteiger partial charge in [-0.15, -0.1) is 0 Å². The van der Waals surface area contributed by atoms with Crippen LogP contribution in [0.3, 0.4) is 0 Å². The summed E-state index contributed by atoms with van der Waals surface area (Å²) in [7, 11) is 0. The maximum absolute atomic E-state index is 11.0. The van der Waals surface area contributed by atoms with Gasteiger partial charge in [-0.2, -0.15) is 11.8 Å². The third kappa shape index (κ3) is 1.57. The van der Waals surface area contributed by atoms with Gasteiger partial charge in [0.1, 0.15) is 0 Å². The van der Waals surface area contributed by atoms with Crippen molar-refractivity contribution >= 4 is 23.4 Å². The topological polar surface area (TPSA) is 63.3 Å². The molecule has 0 radical (unpaired) electrons. The lowest BCUT2D eigenvalue weighted by Gasteiger charge is -2.26. The standard InChI is InChI=1S/C10H11NO2S/c11-7-1-2-8(6-4-14-5-6)9(3-7)10(12)13/h1-3,6H,4-5,11H2,(H,12,13). The summed E-state index contributed by atoms with van der Waals surface area (Å²) in [5, 5.41) is 9.00. The average molecular weight is 209 g/mol. The van der Waals surface area contributed by atoms with Gasteiger partial charge in [-0.3, -0.25) is 0 Å². The summed E-state index contributed by atoms with van der Waals surface area (Å²) in [6.07, 6.45) is 0. The molecule has 0 atom stereocenters. The van der Waals surface area contributed by atoms with Gasteiger partial charge in [-0.25, -0.2) is 4.79 Å². The molecule has 1 aliphatic rings. The second-order valence-corrected chi connectivity index (χ2v) is 4.46. The second kappa shape index (κ2) is 3.53. The molecule has 1 fully saturated rings. The number of hydrogen-bond acceptors (Lipinski definition) is 3. The fourth-order valence-corrected chi connectivity index (χ4v) is 2.36. The number of benzene rings is 1. The SMILES string of the molecule is Nc1ccc(C2CSC2)c(C(=O)O)c1. The van der Waals surface area contributed by atoms with Gasteiger partial charge in [0.25, 0.3) is 0 Å². The van der Waals surface area contributed by atoms with Gasteiger partial charge in [0.05, 0.1) is 5.56 Å². The highest BCUT2D eigenvalue weighted by Crippen LogP contribution is 2.36. The first kappa shape index (κ1) is 9.40. The smallest absolute Gasteiger partial charge is 0.336 e. The third-order valence-corrected chi connectivity index (χ3v) is 3.66. The van der Waals surface area contributed by atoms with Crippen molar-refractivity contribution in [1.82, 2.24) is 0 Å². The van der Waals surface area contributed by atoms with Gasteiger partial charge in [0, 0.05) is 23.1 Å². The van der Waals surface area contributed by atoms with E-state index in [0.717, 1.165) is 17.1 Å². The van der Waals surface area contributed by atoms with Crippen LogP contribution in [0.25, 0.3) is 0 Å². The molecule has 1 heterocycles. The largest absolute Gasteiger partial charge is 0.478 e. The van der Waals surface area contributed by atoms with Crippen molar-refractivity contribution in [1.29, 1.82) is 0 Å². The van der Waals surface area contributed by atoms with E-state index in [9.17, 15) is 4.79 Å². The molecule has 1 aliphatic heterocycles. The number of anilines is 1. The van der Waals surface area contributed by atoms with Crippen molar-refractivity contribution < 1.29 is 9.90 Å². The van der Waals surface area contributed by atoms with Crippen LogP contribution in [0.4, 0.5) is 5.69 Å². The molecule has 74 valence electrons. The molecule has 14 heavy (non-hydrogen) atoms. The Morgan fingerprint density at radius 2 is 2.21 bits per heavy atom. The Morgan fingerprint density at radius 1 is 1.50 bits per heavy atom. The molecule has 0 aliphatic carbocycles. The van der Waals surface area contributed by atoms with Gasteiger partial charge < -0.3 is 10.8 Å². The molecule has 0 aromatic heterocycles. The van der Waals surface area contributed by atoms with E-state index in [1.165, 1.54) is 0 Å². The maximum Gasteiger partial charge on any atom is 0.336 e. The Kier molecular flexibility index (Phi) is 2.37. The fraction of sp³-hybridized carbons (Fsp3) is 0.300. The Morgan fingerprint density at radius 3 is 2.71 bits per heavy atom. The van der Waals surface area contributed by atoms with Crippen molar-refractivity contribution in [2.75, 3.05) is 17.2 Å². The number of rotatable bonds is 2. The molecular formula is C10H11NO2S. The minimum Gasteiger partial charge on any atom is -0.478 e. The summed E-state index contributed by atoms with van der Waals surface area (Å²) in [5.74, 6) is 1.55. The van der Waals surface area contributed by atoms with Crippen LogP contribution >= 0.6 is 11.8 Å². The maximum atomic E-state index is 11.0. The normalized spacial score (nSPS) is 16.3. The zero-order valence-corrected chi connectivity index (χ0v) is 8.38. The van der Waals surface area contributed by atoms with E-state index >= 15 is 0 Å². The van der Waals surface area contributed by atoms with Crippen molar-refractivity contribution in [2.45, 2.75) is 5.92 Å². The number of carboxylic acid groups (broad SMARTS) is 1. The van der Waals surface area contributed by atoms with E-state index in [4.69, 9.17) is 10.8 Å². The van der Waals surface area contributed by atoms with E-state index in [-0.39, 0.29) is 0 Å². The highest BCUT2D eigenvalue weighted by Gasteiger charge is 2.24. The van der Waals surface area contributed by atoms with Crippen LogP contribution in [-0.4, -0.2) is 22.6 Å². The average Bonchev–Trinajstić information content (AvgIpc) is 2.04. The quantitative estimate of drug-likeness (QED) is 0.729. The van der Waals surface area contributed by atoms with Gasteiger partial charge in [-0.1, -0.05) is 6.07 Å². The number of aromatic carboxylic acids is 1. The molecule has 1 saturated heterocycles. The van der Waals surface area contributed by atoms with Crippen LogP contribution in [0.5, 0.6) is 0 Å². The molecule has 0 saturated carbocycles. The summed E-state index contributed by atoms with van der Waals surface area (Å²) in [6, 6.07) is 5.15. The molecule has 2 rings (SSSR count). The lowest BCUT2D eigenvalue weighted by molar-refractivity contribution is 0.0695. The zero-order valence-electron chi connectivity index (χ0n) is 7.56. The molecule has 0 bridgehead atoms. The Balaban J connectivity index is 2.41. The number of carboxylic acids is 1. The number of carbonyl (C=O) groups is 1. The van der Waals surface area contributed by atoms with Crippen LogP contribution in [0.15, 0.2) is 18.2 Å². The summed E-state index contributed by atoms with van der Waals surface area (Å²) in [6.45, 7) is 0. The lowest BCUT2D eigenvalue weighted by Crippen LogP contribution is -2.19. The molecule has 1 aromatic rings. The van der Waals surface area contributed by atoms with E-state index < -0.39 is 5.97 Å². The summed E-state index contributed by atoms with van der Waals surface area (Å²) >= 11 is 1.84. The highest BCUT2D eigenvalue weighted by atomic mass is 32.2. The number of nitrogens with two attached hydrogens (primary N) is 1. The molecular weight excluding hydrogens is 198 g/mol. The Labute approximate surface area is 86.3 Å². The monoisotopic (exact) mass is 209 g/mol. The van der Waals surface area contributed by atoms with Crippen LogP contribution in [0, 0.1) is 0 Å². The van der Waals surface area contributed by atoms with Crippen LogP contribution in [0.2, 0.25) is 0 Å². The van der Waals surface area contributed by atoms with Gasteiger partial charge >= 0.3 is 5.97 Å². The first-order valence-corrected chi connectivity index (χ1v) is 5.54. The minimum atomic E-state index is -0.885. The first-order valence-electron chi connectivity index (χ1n) is 4.39. The fourth-order valence-electron chi connectivity index (χ4n) is 1.53. The first-order chi connectivity index (χ1) is 6.68. The Bertz CT molecular complexity index is 374. The summed E-state index contributed by atoms with van der Waals surface area (Å²) in [5.41, 5.74) is 7.35. The van der Waals surface area contributed by atoms with Crippen molar-refractivity contribution in [3.8, 4) is 0 Å². The molecule has 0 unspecified atom stereocenters. The zero-order chi connectivity index (χ0) is 10.1. The third-order valence-electron chi connectivity index (χ3n) is 2.39. The van der Waals surface area contributed by atoms with E-state index in [1.807, 2.05) is 17.8 Å². The van der Waals surface area contributed by atoms with Crippen molar-refractivity contribution in [2.24, 2.45) is 0 Å². The molecule has 1 aromatic carbocycles. The van der Waals surface area contributed by atoms with E-state index in [1.54, 1.807) is 12.1 Å². The number of nitrogen functional groups attached to an aromatic ring is 1. The lowest BCUT2D eigenvalue weighted by atomic mass is 9.96. The minimum absolute atomic E-state index is 0.357. The summed E-state index contributed by atoms with van der Waals surface area (Å²) < 4.78 is 0. The van der Waals surface area contributed by atoms with E-state index in [0.29, 0.717) is 17.2 Å². The highest BCUT2D eigenvalue weighted by molar-refractivity contribution is 8.00. The molecule has 3 N–H and O–H groups in total. The van der Waals surface area contributed by atoms with Gasteiger partial charge in [-0.05, 0) is 17.7 Å². The predicted octanol–water partition coefficient (Wildman–Crippen LogP) is 1.80. The van der Waals surface area contributed by atoms with Crippen molar-refractivity contribution in [3.63, 3.8) is 0 Å². The molecule has 3 nitrogen and oxygen atoms in total. The van der Waals surface area contributed by atoms with Crippen LogP contribution in [-0.2, 0) is 0 Å². The van der Waals surface area contributed by atoms with Crippen molar-refractivity contribution in [3.05, 3.63) is 29.3 Å². The predicted molar refractivity (Wildman–Crippen MR) is 57.9 cm³/mol. The molecule has 4 heteroatoms. The van der Waals surface area contributed by atoms with Crippen LogP contribution in [0.1, 0.15) is 21.8 Å². The van der Waals surface area contributed by atoms with Gasteiger partial charge in [0.2, 0.25) is 0 Å².